The van der Waals surface area contributed by atoms with E-state index in [4.69, 9.17) is 5.11 Å². The summed E-state index contributed by atoms with van der Waals surface area (Å²) in [6, 6.07) is 4.03. The van der Waals surface area contributed by atoms with E-state index in [9.17, 15) is 9.59 Å². The lowest BCUT2D eigenvalue weighted by Gasteiger charge is -2.27. The number of carbonyl (C=O) groups is 2. The maximum atomic E-state index is 12.1. The van der Waals surface area contributed by atoms with Crippen LogP contribution in [0.4, 0.5) is 0 Å². The summed E-state index contributed by atoms with van der Waals surface area (Å²) in [5.41, 5.74) is 0. The molecule has 2 atom stereocenters. The molecule has 4 nitrogen and oxygen atoms in total. The number of amides is 1. The maximum absolute atomic E-state index is 12.1. The number of carbonyl (C=O) groups excluding carboxylic acids is 1. The van der Waals surface area contributed by atoms with E-state index in [1.807, 2.05) is 17.5 Å². The van der Waals surface area contributed by atoms with Crippen LogP contribution in [-0.2, 0) is 16.0 Å². The van der Waals surface area contributed by atoms with E-state index < -0.39 is 11.9 Å². The summed E-state index contributed by atoms with van der Waals surface area (Å²) in [5, 5.41) is 14.0. The Morgan fingerprint density at radius 1 is 1.32 bits per heavy atom. The highest BCUT2D eigenvalue weighted by Crippen LogP contribution is 2.30. The van der Waals surface area contributed by atoms with Crippen LogP contribution < -0.4 is 5.32 Å². The number of rotatable bonds is 5. The number of carboxylic acids is 1. The molecule has 0 aromatic carbocycles. The van der Waals surface area contributed by atoms with Crippen LogP contribution in [0.1, 0.15) is 30.6 Å². The Morgan fingerprint density at radius 2 is 2.05 bits per heavy atom. The molecule has 5 heteroatoms. The van der Waals surface area contributed by atoms with E-state index >= 15 is 0 Å². The van der Waals surface area contributed by atoms with Crippen LogP contribution in [0.5, 0.6) is 0 Å². The van der Waals surface area contributed by atoms with Crippen molar-refractivity contribution >= 4 is 23.2 Å². The van der Waals surface area contributed by atoms with Crippen molar-refractivity contribution in [3.63, 3.8) is 0 Å². The van der Waals surface area contributed by atoms with Crippen molar-refractivity contribution in [1.29, 1.82) is 0 Å². The molecular weight excluding hydrogens is 262 g/mol. The number of nitrogens with one attached hydrogen (secondary N) is 1. The molecule has 0 radical (unpaired) electrons. The molecule has 19 heavy (non-hydrogen) atoms. The number of carboxylic acid groups (broad SMARTS) is 1. The molecule has 1 heterocycles. The summed E-state index contributed by atoms with van der Waals surface area (Å²) in [5.74, 6) is -1.79. The van der Waals surface area contributed by atoms with E-state index in [0.29, 0.717) is 19.4 Å². The van der Waals surface area contributed by atoms with Gasteiger partial charge in [-0.1, -0.05) is 18.9 Å². The first-order valence-corrected chi connectivity index (χ1v) is 7.59. The lowest BCUT2D eigenvalue weighted by Crippen LogP contribution is -2.40. The zero-order valence-electron chi connectivity index (χ0n) is 10.8. The predicted octanol–water partition coefficient (Wildman–Crippen LogP) is 2.30. The predicted molar refractivity (Wildman–Crippen MR) is 74.1 cm³/mol. The summed E-state index contributed by atoms with van der Waals surface area (Å²) < 4.78 is 0. The topological polar surface area (TPSA) is 66.4 Å². The quantitative estimate of drug-likeness (QED) is 0.870. The van der Waals surface area contributed by atoms with Crippen LogP contribution in [-0.4, -0.2) is 23.5 Å². The molecule has 1 aromatic heterocycles. The summed E-state index contributed by atoms with van der Waals surface area (Å²) in [7, 11) is 0. The van der Waals surface area contributed by atoms with Gasteiger partial charge in [-0.3, -0.25) is 9.59 Å². The van der Waals surface area contributed by atoms with Crippen LogP contribution in [0.3, 0.4) is 0 Å². The van der Waals surface area contributed by atoms with Gasteiger partial charge in [-0.25, -0.2) is 0 Å². The van der Waals surface area contributed by atoms with Crippen molar-refractivity contribution < 1.29 is 14.7 Å². The zero-order chi connectivity index (χ0) is 13.7. The Morgan fingerprint density at radius 3 is 2.68 bits per heavy atom. The molecule has 1 aliphatic carbocycles. The van der Waals surface area contributed by atoms with Crippen molar-refractivity contribution in [3.8, 4) is 0 Å². The molecule has 1 saturated carbocycles. The lowest BCUT2D eigenvalue weighted by molar-refractivity contribution is -0.148. The summed E-state index contributed by atoms with van der Waals surface area (Å²) in [6.45, 7) is 0.586. The SMILES string of the molecule is O=C(NCCc1cccs1)[C@H]1CCCC[C@H]1C(=O)O. The molecule has 2 N–H and O–H groups in total. The van der Waals surface area contributed by atoms with Crippen LogP contribution in [0.2, 0.25) is 0 Å². The molecule has 0 spiro atoms. The Hall–Kier alpha value is -1.36. The highest BCUT2D eigenvalue weighted by molar-refractivity contribution is 7.09. The minimum atomic E-state index is -0.835. The maximum Gasteiger partial charge on any atom is 0.307 e. The Balaban J connectivity index is 1.82. The smallest absolute Gasteiger partial charge is 0.307 e. The van der Waals surface area contributed by atoms with Gasteiger partial charge in [0.2, 0.25) is 5.91 Å². The normalized spacial score (nSPS) is 22.9. The average Bonchev–Trinajstić information content (AvgIpc) is 2.91. The number of aliphatic carboxylic acids is 1. The first-order valence-electron chi connectivity index (χ1n) is 6.71. The summed E-state index contributed by atoms with van der Waals surface area (Å²) >= 11 is 1.67. The molecule has 0 saturated heterocycles. The van der Waals surface area contributed by atoms with E-state index in [1.54, 1.807) is 11.3 Å². The molecule has 0 unspecified atom stereocenters. The third-order valence-electron chi connectivity index (χ3n) is 3.67. The second-order valence-electron chi connectivity index (χ2n) is 4.96. The van der Waals surface area contributed by atoms with Gasteiger partial charge in [0.05, 0.1) is 11.8 Å². The van der Waals surface area contributed by atoms with Gasteiger partial charge in [0.15, 0.2) is 0 Å². The fraction of sp³-hybridized carbons (Fsp3) is 0.571. The van der Waals surface area contributed by atoms with Crippen molar-refractivity contribution in [2.45, 2.75) is 32.1 Å². The number of hydrogen-bond donors (Lipinski definition) is 2. The van der Waals surface area contributed by atoms with Gasteiger partial charge in [0.1, 0.15) is 0 Å². The van der Waals surface area contributed by atoms with Crippen LogP contribution in [0.25, 0.3) is 0 Å². The Kier molecular flexibility index (Phi) is 4.96. The Labute approximate surface area is 116 Å². The highest BCUT2D eigenvalue weighted by atomic mass is 32.1. The van der Waals surface area contributed by atoms with Gasteiger partial charge in [-0.15, -0.1) is 11.3 Å². The molecule has 1 aliphatic rings. The molecule has 1 fully saturated rings. The van der Waals surface area contributed by atoms with Crippen molar-refractivity contribution in [2.24, 2.45) is 11.8 Å². The molecule has 1 aromatic rings. The minimum Gasteiger partial charge on any atom is -0.481 e. The second kappa shape index (κ2) is 6.70. The molecule has 0 aliphatic heterocycles. The first kappa shape index (κ1) is 14.1. The van der Waals surface area contributed by atoms with Crippen molar-refractivity contribution in [1.82, 2.24) is 5.32 Å². The third kappa shape index (κ3) is 3.80. The van der Waals surface area contributed by atoms with Gasteiger partial charge >= 0.3 is 5.97 Å². The lowest BCUT2D eigenvalue weighted by atomic mass is 9.78. The van der Waals surface area contributed by atoms with Crippen LogP contribution >= 0.6 is 11.3 Å². The molecule has 2 rings (SSSR count). The molecule has 104 valence electrons. The van der Waals surface area contributed by atoms with Gasteiger partial charge in [-0.2, -0.15) is 0 Å². The first-order chi connectivity index (χ1) is 9.18. The van der Waals surface area contributed by atoms with Gasteiger partial charge in [0.25, 0.3) is 0 Å². The summed E-state index contributed by atoms with van der Waals surface area (Å²) in [4.78, 5) is 24.5. The molecule has 0 bridgehead atoms. The summed E-state index contributed by atoms with van der Waals surface area (Å²) in [6.07, 6.45) is 4.00. The van der Waals surface area contributed by atoms with Crippen molar-refractivity contribution in [2.75, 3.05) is 6.54 Å². The van der Waals surface area contributed by atoms with Gasteiger partial charge in [0, 0.05) is 11.4 Å². The molecular formula is C14H19NO3S. The molecule has 1 amide bonds. The highest BCUT2D eigenvalue weighted by Gasteiger charge is 2.35. The largest absolute Gasteiger partial charge is 0.481 e. The van der Waals surface area contributed by atoms with Crippen molar-refractivity contribution in [3.05, 3.63) is 22.4 Å². The average molecular weight is 281 g/mol. The van der Waals surface area contributed by atoms with Gasteiger partial charge < -0.3 is 10.4 Å². The van der Waals surface area contributed by atoms with Crippen LogP contribution in [0.15, 0.2) is 17.5 Å². The van der Waals surface area contributed by atoms with E-state index in [-0.39, 0.29) is 11.8 Å². The number of hydrogen-bond acceptors (Lipinski definition) is 3. The zero-order valence-corrected chi connectivity index (χ0v) is 11.6. The number of thiophene rings is 1. The van der Waals surface area contributed by atoms with E-state index in [1.165, 1.54) is 4.88 Å². The fourth-order valence-electron chi connectivity index (χ4n) is 2.64. The second-order valence-corrected chi connectivity index (χ2v) is 5.99. The monoisotopic (exact) mass is 281 g/mol. The fourth-order valence-corrected chi connectivity index (χ4v) is 3.34. The van der Waals surface area contributed by atoms with Crippen LogP contribution in [0, 0.1) is 11.8 Å². The van der Waals surface area contributed by atoms with E-state index in [2.05, 4.69) is 5.32 Å². The standard InChI is InChI=1S/C14H19NO3S/c16-13(15-8-7-10-4-3-9-19-10)11-5-1-2-6-12(11)14(17)18/h3-4,9,11-12H,1-2,5-8H2,(H,15,16)(H,17,18)/t11-,12+/m0/s1. The minimum absolute atomic E-state index is 0.0938. The van der Waals surface area contributed by atoms with Gasteiger partial charge in [-0.05, 0) is 30.7 Å². The Bertz CT molecular complexity index is 430. The van der Waals surface area contributed by atoms with E-state index in [0.717, 1.165) is 19.3 Å². The third-order valence-corrected chi connectivity index (χ3v) is 4.61.